The lowest BCUT2D eigenvalue weighted by Gasteiger charge is -2.26. The number of morpholine rings is 1. The summed E-state index contributed by atoms with van der Waals surface area (Å²) < 4.78 is 30.7. The van der Waals surface area contributed by atoms with Gasteiger partial charge in [-0.3, -0.25) is 9.58 Å². The average Bonchev–Trinajstić information content (AvgIpc) is 3.05. The van der Waals surface area contributed by atoms with Crippen LogP contribution in [0.25, 0.3) is 0 Å². The van der Waals surface area contributed by atoms with Crippen LogP contribution in [-0.4, -0.2) is 74.0 Å². The molecule has 1 aromatic heterocycles. The Morgan fingerprint density at radius 1 is 1.29 bits per heavy atom. The van der Waals surface area contributed by atoms with Gasteiger partial charge < -0.3 is 10.1 Å². The van der Waals surface area contributed by atoms with Crippen molar-refractivity contribution < 1.29 is 13.2 Å². The van der Waals surface area contributed by atoms with Gasteiger partial charge in [-0.1, -0.05) is 0 Å². The zero-order valence-corrected chi connectivity index (χ0v) is 15.4. The number of nitrogens with one attached hydrogen (secondary N) is 1. The van der Waals surface area contributed by atoms with Crippen molar-refractivity contribution >= 4 is 9.84 Å². The monoisotopic (exact) mass is 356 g/mol. The molecule has 136 valence electrons. The van der Waals surface area contributed by atoms with E-state index in [0.29, 0.717) is 6.42 Å². The molecule has 0 amide bonds. The molecule has 0 saturated carbocycles. The number of sulfone groups is 1. The first-order valence-electron chi connectivity index (χ1n) is 8.72. The van der Waals surface area contributed by atoms with Gasteiger partial charge in [-0.2, -0.15) is 5.10 Å². The summed E-state index contributed by atoms with van der Waals surface area (Å²) in [7, 11) is -2.89. The van der Waals surface area contributed by atoms with Gasteiger partial charge in [-0.15, -0.1) is 0 Å². The Labute approximate surface area is 144 Å². The van der Waals surface area contributed by atoms with Crippen molar-refractivity contribution in [1.29, 1.82) is 0 Å². The summed E-state index contributed by atoms with van der Waals surface area (Å²) in [5.74, 6) is 0.502. The highest BCUT2D eigenvalue weighted by Crippen LogP contribution is 2.26. The minimum absolute atomic E-state index is 0.00389. The second-order valence-corrected chi connectivity index (χ2v) is 9.01. The van der Waals surface area contributed by atoms with Gasteiger partial charge in [0.2, 0.25) is 0 Å². The predicted octanol–water partition coefficient (Wildman–Crippen LogP) is 0.281. The molecule has 1 aromatic rings. The SMILES string of the molecule is Cc1nn(C2CCS(=O)(=O)C2)c(C)c1CNCCN1CCOCC1. The van der Waals surface area contributed by atoms with Gasteiger partial charge in [0.1, 0.15) is 0 Å². The van der Waals surface area contributed by atoms with E-state index in [0.717, 1.165) is 57.3 Å². The van der Waals surface area contributed by atoms with Gasteiger partial charge in [0.05, 0.1) is 36.5 Å². The molecule has 7 nitrogen and oxygen atoms in total. The van der Waals surface area contributed by atoms with Crippen molar-refractivity contribution in [2.75, 3.05) is 50.9 Å². The van der Waals surface area contributed by atoms with Crippen LogP contribution < -0.4 is 5.32 Å². The molecule has 0 aromatic carbocycles. The van der Waals surface area contributed by atoms with Gasteiger partial charge >= 0.3 is 0 Å². The third-order valence-corrected chi connectivity index (χ3v) is 6.79. The molecule has 1 unspecified atom stereocenters. The third kappa shape index (κ3) is 4.17. The molecular weight excluding hydrogens is 328 g/mol. The lowest BCUT2D eigenvalue weighted by molar-refractivity contribution is 0.0384. The first-order chi connectivity index (χ1) is 11.5. The summed E-state index contributed by atoms with van der Waals surface area (Å²) in [6.45, 7) is 10.5. The number of hydrogen-bond acceptors (Lipinski definition) is 6. The highest BCUT2D eigenvalue weighted by Gasteiger charge is 2.31. The Morgan fingerprint density at radius 2 is 2.04 bits per heavy atom. The maximum Gasteiger partial charge on any atom is 0.152 e. The minimum Gasteiger partial charge on any atom is -0.379 e. The molecule has 0 radical (unpaired) electrons. The summed E-state index contributed by atoms with van der Waals surface area (Å²) in [4.78, 5) is 2.41. The van der Waals surface area contributed by atoms with Gasteiger partial charge in [0, 0.05) is 44.0 Å². The van der Waals surface area contributed by atoms with Crippen LogP contribution in [0.15, 0.2) is 0 Å². The van der Waals surface area contributed by atoms with Crippen LogP contribution in [0.5, 0.6) is 0 Å². The highest BCUT2D eigenvalue weighted by molar-refractivity contribution is 7.91. The number of rotatable bonds is 6. The molecule has 24 heavy (non-hydrogen) atoms. The van der Waals surface area contributed by atoms with Crippen LogP contribution in [0.1, 0.15) is 29.4 Å². The van der Waals surface area contributed by atoms with Crippen LogP contribution in [-0.2, 0) is 21.1 Å². The molecule has 2 saturated heterocycles. The molecule has 1 atom stereocenters. The Bertz CT molecular complexity index is 665. The fraction of sp³-hybridized carbons (Fsp3) is 0.812. The van der Waals surface area contributed by atoms with E-state index in [4.69, 9.17) is 4.74 Å². The number of ether oxygens (including phenoxy) is 1. The van der Waals surface area contributed by atoms with E-state index in [9.17, 15) is 8.42 Å². The number of aryl methyl sites for hydroxylation is 1. The summed E-state index contributed by atoms with van der Waals surface area (Å²) in [6.07, 6.45) is 0.675. The van der Waals surface area contributed by atoms with Crippen LogP contribution >= 0.6 is 0 Å². The second-order valence-electron chi connectivity index (χ2n) is 6.78. The van der Waals surface area contributed by atoms with Crippen LogP contribution in [0.3, 0.4) is 0 Å². The predicted molar refractivity (Wildman–Crippen MR) is 93.0 cm³/mol. The molecule has 0 spiro atoms. The van der Waals surface area contributed by atoms with E-state index in [-0.39, 0.29) is 17.5 Å². The van der Waals surface area contributed by atoms with E-state index < -0.39 is 9.84 Å². The molecule has 0 bridgehead atoms. The largest absolute Gasteiger partial charge is 0.379 e. The van der Waals surface area contributed by atoms with Gasteiger partial charge in [0.25, 0.3) is 0 Å². The van der Waals surface area contributed by atoms with E-state index >= 15 is 0 Å². The van der Waals surface area contributed by atoms with Crippen LogP contribution in [0, 0.1) is 13.8 Å². The zero-order valence-electron chi connectivity index (χ0n) is 14.6. The van der Waals surface area contributed by atoms with E-state index in [1.54, 1.807) is 0 Å². The molecule has 3 rings (SSSR count). The second kappa shape index (κ2) is 7.51. The number of hydrogen-bond donors (Lipinski definition) is 1. The molecule has 0 aliphatic carbocycles. The smallest absolute Gasteiger partial charge is 0.152 e. The first kappa shape index (κ1) is 17.8. The summed E-state index contributed by atoms with van der Waals surface area (Å²) in [5, 5.41) is 8.11. The summed E-state index contributed by atoms with van der Waals surface area (Å²) in [5.41, 5.74) is 3.28. The van der Waals surface area contributed by atoms with Crippen molar-refractivity contribution in [2.45, 2.75) is 32.9 Å². The lowest BCUT2D eigenvalue weighted by atomic mass is 10.2. The van der Waals surface area contributed by atoms with Crippen molar-refractivity contribution in [3.63, 3.8) is 0 Å². The van der Waals surface area contributed by atoms with Crippen molar-refractivity contribution in [3.05, 3.63) is 17.0 Å². The minimum atomic E-state index is -2.89. The van der Waals surface area contributed by atoms with E-state index in [2.05, 4.69) is 15.3 Å². The third-order valence-electron chi connectivity index (χ3n) is 5.04. The maximum atomic E-state index is 11.7. The fourth-order valence-electron chi connectivity index (χ4n) is 3.55. The summed E-state index contributed by atoms with van der Waals surface area (Å²) >= 11 is 0. The van der Waals surface area contributed by atoms with Crippen molar-refractivity contribution in [1.82, 2.24) is 20.0 Å². The van der Waals surface area contributed by atoms with Crippen molar-refractivity contribution in [2.24, 2.45) is 0 Å². The Balaban J connectivity index is 1.54. The molecule has 2 aliphatic rings. The van der Waals surface area contributed by atoms with Crippen LogP contribution in [0.2, 0.25) is 0 Å². The number of nitrogens with zero attached hydrogens (tertiary/aromatic N) is 3. The zero-order chi connectivity index (χ0) is 17.2. The molecule has 8 heteroatoms. The Morgan fingerprint density at radius 3 is 2.71 bits per heavy atom. The van der Waals surface area contributed by atoms with E-state index in [1.165, 1.54) is 5.56 Å². The average molecular weight is 356 g/mol. The molecule has 2 fully saturated rings. The van der Waals surface area contributed by atoms with Gasteiger partial charge in [-0.25, -0.2) is 8.42 Å². The topological polar surface area (TPSA) is 76.5 Å². The first-order valence-corrected chi connectivity index (χ1v) is 10.5. The number of aromatic nitrogens is 2. The quantitative estimate of drug-likeness (QED) is 0.738. The van der Waals surface area contributed by atoms with Crippen LogP contribution in [0.4, 0.5) is 0 Å². The van der Waals surface area contributed by atoms with Gasteiger partial charge in [0.15, 0.2) is 9.84 Å². The van der Waals surface area contributed by atoms with E-state index in [1.807, 2.05) is 18.5 Å². The highest BCUT2D eigenvalue weighted by atomic mass is 32.2. The normalized spacial score (nSPS) is 24.5. The molecular formula is C16H28N4O3S. The maximum absolute atomic E-state index is 11.7. The lowest BCUT2D eigenvalue weighted by Crippen LogP contribution is -2.40. The van der Waals surface area contributed by atoms with Crippen molar-refractivity contribution in [3.8, 4) is 0 Å². The van der Waals surface area contributed by atoms with Gasteiger partial charge in [-0.05, 0) is 20.3 Å². The summed E-state index contributed by atoms with van der Waals surface area (Å²) in [6, 6.07) is -0.00389. The fourth-order valence-corrected chi connectivity index (χ4v) is 5.24. The Kier molecular flexibility index (Phi) is 5.59. The molecule has 3 heterocycles. The standard InChI is InChI=1S/C16H28N4O3S/c1-13-16(11-17-4-5-19-6-8-23-9-7-19)14(2)20(18-13)15-3-10-24(21,22)12-15/h15,17H,3-12H2,1-2H3. The molecule has 2 aliphatic heterocycles. The Hall–Kier alpha value is -0.960. The molecule has 1 N–H and O–H groups in total.